The van der Waals surface area contributed by atoms with Crippen LogP contribution in [0.4, 0.5) is 0 Å². The molecular weight excluding hydrogens is 260 g/mol. The summed E-state index contributed by atoms with van der Waals surface area (Å²) in [6.07, 6.45) is 10.4. The summed E-state index contributed by atoms with van der Waals surface area (Å²) in [5, 5.41) is 0. The third-order valence-electron chi connectivity index (χ3n) is 8.36. The number of carbonyl (C=O) groups is 2. The largest absolute Gasteiger partial charge is 0.303 e. The van der Waals surface area contributed by atoms with E-state index >= 15 is 0 Å². The summed E-state index contributed by atoms with van der Waals surface area (Å²) in [6.45, 7) is 4.72. The van der Waals surface area contributed by atoms with E-state index in [4.69, 9.17) is 0 Å². The van der Waals surface area contributed by atoms with Crippen LogP contribution in [0.15, 0.2) is 0 Å². The van der Waals surface area contributed by atoms with Crippen molar-refractivity contribution in [2.24, 2.45) is 40.4 Å². The first-order valence-electron chi connectivity index (χ1n) is 8.99. The van der Waals surface area contributed by atoms with E-state index in [9.17, 15) is 9.59 Å². The molecule has 0 radical (unpaired) electrons. The van der Waals surface area contributed by atoms with Gasteiger partial charge in [-0.25, -0.2) is 0 Å². The molecule has 7 atom stereocenters. The summed E-state index contributed by atoms with van der Waals surface area (Å²) in [5.41, 5.74) is 0.370. The van der Waals surface area contributed by atoms with Crippen molar-refractivity contribution < 1.29 is 9.59 Å². The molecular formula is C19H28O2. The highest BCUT2D eigenvalue weighted by Crippen LogP contribution is 2.67. The van der Waals surface area contributed by atoms with E-state index in [1.807, 2.05) is 0 Å². The fourth-order valence-electron chi connectivity index (χ4n) is 7.17. The van der Waals surface area contributed by atoms with Crippen molar-refractivity contribution >= 4 is 12.1 Å². The summed E-state index contributed by atoms with van der Waals surface area (Å²) in [5.74, 6) is 3.63. The molecule has 4 aliphatic rings. The molecule has 4 aliphatic carbocycles. The van der Waals surface area contributed by atoms with Crippen LogP contribution >= 0.6 is 0 Å². The van der Waals surface area contributed by atoms with Crippen molar-refractivity contribution in [3.05, 3.63) is 0 Å². The average Bonchev–Trinajstić information content (AvgIpc) is 2.96. The maximum atomic E-state index is 12.4. The predicted molar refractivity (Wildman–Crippen MR) is 81.7 cm³/mol. The smallest absolute Gasteiger partial charge is 0.139 e. The lowest BCUT2D eigenvalue weighted by atomic mass is 9.48. The highest BCUT2D eigenvalue weighted by Gasteiger charge is 2.61. The van der Waals surface area contributed by atoms with Gasteiger partial charge < -0.3 is 4.79 Å². The van der Waals surface area contributed by atoms with Crippen LogP contribution in [0.5, 0.6) is 0 Å². The van der Waals surface area contributed by atoms with Crippen LogP contribution in [0, 0.1) is 40.4 Å². The van der Waals surface area contributed by atoms with Crippen LogP contribution in [0.25, 0.3) is 0 Å². The Morgan fingerprint density at radius 2 is 1.76 bits per heavy atom. The van der Waals surface area contributed by atoms with Crippen molar-refractivity contribution in [2.75, 3.05) is 0 Å². The Balaban J connectivity index is 1.66. The maximum Gasteiger partial charge on any atom is 0.139 e. The molecule has 0 bridgehead atoms. The van der Waals surface area contributed by atoms with Crippen LogP contribution in [0.1, 0.15) is 65.2 Å². The van der Waals surface area contributed by atoms with Gasteiger partial charge in [0.2, 0.25) is 0 Å². The van der Waals surface area contributed by atoms with Gasteiger partial charge in [0.15, 0.2) is 0 Å². The molecule has 4 saturated carbocycles. The number of ketones is 1. The lowest BCUT2D eigenvalue weighted by Crippen LogP contribution is -2.51. The van der Waals surface area contributed by atoms with Crippen LogP contribution in [0.2, 0.25) is 0 Å². The lowest BCUT2D eigenvalue weighted by molar-refractivity contribution is -0.136. The summed E-state index contributed by atoms with van der Waals surface area (Å²) < 4.78 is 0. The second-order valence-corrected chi connectivity index (χ2v) is 8.82. The highest BCUT2D eigenvalue weighted by molar-refractivity contribution is 5.87. The van der Waals surface area contributed by atoms with Gasteiger partial charge >= 0.3 is 0 Å². The fourth-order valence-corrected chi connectivity index (χ4v) is 7.17. The van der Waals surface area contributed by atoms with Crippen LogP contribution in [0.3, 0.4) is 0 Å². The van der Waals surface area contributed by atoms with E-state index in [-0.39, 0.29) is 5.41 Å². The van der Waals surface area contributed by atoms with Gasteiger partial charge in [0.05, 0.1) is 0 Å². The quantitative estimate of drug-likeness (QED) is 0.683. The Morgan fingerprint density at radius 1 is 0.952 bits per heavy atom. The Labute approximate surface area is 128 Å². The topological polar surface area (TPSA) is 34.1 Å². The lowest BCUT2D eigenvalue weighted by Gasteiger charge is -2.56. The average molecular weight is 288 g/mol. The van der Waals surface area contributed by atoms with Gasteiger partial charge in [-0.1, -0.05) is 13.8 Å². The molecule has 0 spiro atoms. The molecule has 2 nitrogen and oxygen atoms in total. The van der Waals surface area contributed by atoms with Crippen LogP contribution < -0.4 is 0 Å². The number of fused-ring (bicyclic) bond motifs is 5. The Bertz CT molecular complexity index is 484. The molecule has 0 aromatic heterocycles. The second kappa shape index (κ2) is 4.43. The third-order valence-corrected chi connectivity index (χ3v) is 8.36. The van der Waals surface area contributed by atoms with E-state index in [1.165, 1.54) is 32.0 Å². The summed E-state index contributed by atoms with van der Waals surface area (Å²) in [6, 6.07) is 0. The molecule has 4 rings (SSSR count). The number of hydrogen-bond acceptors (Lipinski definition) is 2. The number of rotatable bonds is 1. The minimum absolute atomic E-state index is 0.00692. The van der Waals surface area contributed by atoms with E-state index in [0.717, 1.165) is 37.5 Å². The summed E-state index contributed by atoms with van der Waals surface area (Å²) in [4.78, 5) is 23.8. The van der Waals surface area contributed by atoms with Gasteiger partial charge in [-0.15, -0.1) is 0 Å². The molecule has 0 heterocycles. The minimum Gasteiger partial charge on any atom is -0.303 e. The Hall–Kier alpha value is -0.660. The van der Waals surface area contributed by atoms with E-state index in [0.29, 0.717) is 29.0 Å². The summed E-state index contributed by atoms with van der Waals surface area (Å²) >= 11 is 0. The highest BCUT2D eigenvalue weighted by atomic mass is 16.1. The zero-order valence-corrected chi connectivity index (χ0v) is 13.4. The maximum absolute atomic E-state index is 12.4. The monoisotopic (exact) mass is 288 g/mol. The predicted octanol–water partition coefficient (Wildman–Crippen LogP) is 4.02. The zero-order chi connectivity index (χ0) is 14.8. The molecule has 21 heavy (non-hydrogen) atoms. The van der Waals surface area contributed by atoms with Gasteiger partial charge in [-0.05, 0) is 74.0 Å². The Kier molecular flexibility index (Phi) is 2.94. The molecule has 0 unspecified atom stereocenters. The van der Waals surface area contributed by atoms with Crippen molar-refractivity contribution in [3.63, 3.8) is 0 Å². The normalized spacial score (nSPS) is 55.7. The van der Waals surface area contributed by atoms with Gasteiger partial charge in [0.25, 0.3) is 0 Å². The molecule has 4 fully saturated rings. The first kappa shape index (κ1) is 14.0. The molecule has 0 N–H and O–H groups in total. The number of aldehydes is 1. The molecule has 0 saturated heterocycles. The molecule has 0 aromatic rings. The molecule has 2 heteroatoms. The van der Waals surface area contributed by atoms with E-state index in [2.05, 4.69) is 13.8 Å². The Morgan fingerprint density at radius 3 is 2.52 bits per heavy atom. The number of hydrogen-bond donors (Lipinski definition) is 0. The van der Waals surface area contributed by atoms with Crippen molar-refractivity contribution in [3.8, 4) is 0 Å². The number of Topliss-reactive ketones (excluding diaryl/α,β-unsaturated/α-hetero) is 1. The van der Waals surface area contributed by atoms with Crippen LogP contribution in [-0.4, -0.2) is 12.1 Å². The van der Waals surface area contributed by atoms with E-state index < -0.39 is 0 Å². The van der Waals surface area contributed by atoms with Gasteiger partial charge in [0.1, 0.15) is 12.1 Å². The molecule has 0 amide bonds. The first-order valence-corrected chi connectivity index (χ1v) is 8.99. The van der Waals surface area contributed by atoms with Crippen molar-refractivity contribution in [1.29, 1.82) is 0 Å². The third kappa shape index (κ3) is 1.65. The minimum atomic E-state index is -0.00692. The fraction of sp³-hybridized carbons (Fsp3) is 0.895. The first-order chi connectivity index (χ1) is 10.0. The van der Waals surface area contributed by atoms with Gasteiger partial charge in [-0.3, -0.25) is 4.79 Å². The van der Waals surface area contributed by atoms with Crippen LogP contribution in [-0.2, 0) is 9.59 Å². The molecule has 0 aliphatic heterocycles. The van der Waals surface area contributed by atoms with Crippen molar-refractivity contribution in [2.45, 2.75) is 65.2 Å². The molecule has 0 aromatic carbocycles. The zero-order valence-electron chi connectivity index (χ0n) is 13.4. The van der Waals surface area contributed by atoms with Gasteiger partial charge in [-0.2, -0.15) is 0 Å². The van der Waals surface area contributed by atoms with Gasteiger partial charge in [0, 0.05) is 17.8 Å². The second-order valence-electron chi connectivity index (χ2n) is 8.82. The van der Waals surface area contributed by atoms with Crippen molar-refractivity contribution in [1.82, 2.24) is 0 Å². The molecule has 116 valence electrons. The number of carbonyl (C=O) groups excluding carboxylic acids is 2. The summed E-state index contributed by atoms with van der Waals surface area (Å²) in [7, 11) is 0. The SMILES string of the molecule is C[C@]12CC[C@@H](C=O)[C@@H]1CC[C@@H]1[C@@H]2CC[C@]2(C)C(=O)CC[C@@H]12. The van der Waals surface area contributed by atoms with E-state index in [1.54, 1.807) is 0 Å². The standard InChI is InChI=1S/C19H28O2/c1-18-9-7-12(11-20)14(18)4-3-13-15-5-6-17(21)19(15,2)10-8-16(13)18/h11-16H,3-10H2,1-2H3/t12-,13-,14-,15-,16-,18-,19-/m0/s1.